The Morgan fingerprint density at radius 3 is 2.19 bits per heavy atom. The van der Waals surface area contributed by atoms with Crippen LogP contribution < -0.4 is 9.47 Å². The predicted octanol–water partition coefficient (Wildman–Crippen LogP) is 1.81. The fourth-order valence-electron chi connectivity index (χ4n) is 3.21. The second kappa shape index (κ2) is 12.7. The molecular formula is C23H33N3O6. The Morgan fingerprint density at radius 1 is 0.938 bits per heavy atom. The van der Waals surface area contributed by atoms with E-state index in [1.165, 1.54) is 12.0 Å². The fraction of sp³-hybridized carbons (Fsp3) is 0.478. The smallest absolute Gasteiger partial charge is 0.258 e. The zero-order chi connectivity index (χ0) is 23.5. The van der Waals surface area contributed by atoms with E-state index in [1.54, 1.807) is 44.4 Å². The number of aryl methyl sites for hydroxylation is 1. The highest BCUT2D eigenvalue weighted by Gasteiger charge is 2.25. The van der Waals surface area contributed by atoms with Gasteiger partial charge < -0.3 is 33.3 Å². The normalized spacial score (nSPS) is 10.7. The Hall–Kier alpha value is -3.04. The van der Waals surface area contributed by atoms with Crippen LogP contribution >= 0.6 is 0 Å². The lowest BCUT2D eigenvalue weighted by molar-refractivity contribution is -0.133. The first-order valence-corrected chi connectivity index (χ1v) is 10.3. The molecule has 0 aliphatic rings. The first kappa shape index (κ1) is 25.2. The van der Waals surface area contributed by atoms with Crippen molar-refractivity contribution < 1.29 is 28.5 Å². The summed E-state index contributed by atoms with van der Waals surface area (Å²) in [5.74, 6) is 0.455. The lowest BCUT2D eigenvalue weighted by Gasteiger charge is -2.28. The minimum atomic E-state index is -0.319. The standard InChI is InChI=1S/C23H33N3O6/c1-24-10-6-7-18(24)16-25(11-13-29-2)22(27)17-26(12-14-30-3)23(28)20-9-8-19(31-4)15-21(20)32-5/h6-10,15H,11-14,16-17H2,1-5H3. The average molecular weight is 448 g/mol. The monoisotopic (exact) mass is 447 g/mol. The molecule has 2 amide bonds. The molecule has 1 aromatic heterocycles. The van der Waals surface area contributed by atoms with Crippen molar-refractivity contribution in [3.8, 4) is 11.5 Å². The van der Waals surface area contributed by atoms with Crippen LogP contribution in [0.4, 0.5) is 0 Å². The SMILES string of the molecule is COCCN(Cc1cccn1C)C(=O)CN(CCOC)C(=O)c1ccc(OC)cc1OC. The first-order chi connectivity index (χ1) is 15.4. The number of carbonyl (C=O) groups is 2. The van der Waals surface area contributed by atoms with Crippen molar-refractivity contribution in [1.29, 1.82) is 0 Å². The Morgan fingerprint density at radius 2 is 1.62 bits per heavy atom. The number of rotatable bonds is 13. The molecule has 0 atom stereocenters. The van der Waals surface area contributed by atoms with E-state index < -0.39 is 0 Å². The zero-order valence-electron chi connectivity index (χ0n) is 19.5. The predicted molar refractivity (Wildman–Crippen MR) is 120 cm³/mol. The number of benzene rings is 1. The molecule has 2 rings (SSSR count). The number of methoxy groups -OCH3 is 4. The lowest BCUT2D eigenvalue weighted by atomic mass is 10.1. The van der Waals surface area contributed by atoms with Gasteiger partial charge in [0.25, 0.3) is 5.91 Å². The Balaban J connectivity index is 2.24. The van der Waals surface area contributed by atoms with Gasteiger partial charge in [-0.15, -0.1) is 0 Å². The van der Waals surface area contributed by atoms with Crippen molar-refractivity contribution in [3.63, 3.8) is 0 Å². The van der Waals surface area contributed by atoms with E-state index in [2.05, 4.69) is 0 Å². The molecule has 0 aliphatic carbocycles. The molecule has 0 fully saturated rings. The van der Waals surface area contributed by atoms with Crippen molar-refractivity contribution in [2.24, 2.45) is 7.05 Å². The number of nitrogens with zero attached hydrogens (tertiary/aromatic N) is 3. The van der Waals surface area contributed by atoms with Crippen LogP contribution in [0.25, 0.3) is 0 Å². The second-order valence-electron chi connectivity index (χ2n) is 7.20. The molecule has 1 heterocycles. The van der Waals surface area contributed by atoms with Gasteiger partial charge in [0.1, 0.15) is 18.0 Å². The van der Waals surface area contributed by atoms with Gasteiger partial charge in [-0.25, -0.2) is 0 Å². The largest absolute Gasteiger partial charge is 0.497 e. The molecule has 9 heteroatoms. The van der Waals surface area contributed by atoms with Crippen LogP contribution in [0, 0.1) is 0 Å². The summed E-state index contributed by atoms with van der Waals surface area (Å²) < 4.78 is 22.9. The number of hydrogen-bond donors (Lipinski definition) is 0. The van der Waals surface area contributed by atoms with Gasteiger partial charge in [-0.05, 0) is 24.3 Å². The molecule has 0 radical (unpaired) electrons. The van der Waals surface area contributed by atoms with Crippen LogP contribution in [0.1, 0.15) is 16.1 Å². The second-order valence-corrected chi connectivity index (χ2v) is 7.20. The van der Waals surface area contributed by atoms with E-state index in [1.807, 2.05) is 29.9 Å². The summed E-state index contributed by atoms with van der Waals surface area (Å²) in [6, 6.07) is 8.86. The first-order valence-electron chi connectivity index (χ1n) is 10.3. The third-order valence-corrected chi connectivity index (χ3v) is 5.14. The molecule has 0 saturated heterocycles. The molecule has 0 unspecified atom stereocenters. The van der Waals surface area contributed by atoms with Gasteiger partial charge in [0.15, 0.2) is 0 Å². The highest BCUT2D eigenvalue weighted by molar-refractivity contribution is 5.99. The summed E-state index contributed by atoms with van der Waals surface area (Å²) in [6.07, 6.45) is 1.93. The number of carbonyl (C=O) groups excluding carboxylic acids is 2. The van der Waals surface area contributed by atoms with Gasteiger partial charge in [-0.1, -0.05) is 0 Å². The van der Waals surface area contributed by atoms with Gasteiger partial charge in [0.2, 0.25) is 5.91 Å². The van der Waals surface area contributed by atoms with Crippen molar-refractivity contribution in [2.45, 2.75) is 6.54 Å². The van der Waals surface area contributed by atoms with E-state index in [4.69, 9.17) is 18.9 Å². The van der Waals surface area contributed by atoms with Crippen molar-refractivity contribution in [2.75, 3.05) is 61.3 Å². The minimum Gasteiger partial charge on any atom is -0.497 e. The summed E-state index contributed by atoms with van der Waals surface area (Å²) in [7, 11) is 8.11. The summed E-state index contributed by atoms with van der Waals surface area (Å²) >= 11 is 0. The lowest BCUT2D eigenvalue weighted by Crippen LogP contribution is -2.45. The highest BCUT2D eigenvalue weighted by Crippen LogP contribution is 2.26. The highest BCUT2D eigenvalue weighted by atomic mass is 16.5. The molecule has 32 heavy (non-hydrogen) atoms. The molecular weight excluding hydrogens is 414 g/mol. The van der Waals surface area contributed by atoms with Crippen LogP contribution in [0.2, 0.25) is 0 Å². The number of hydrogen-bond acceptors (Lipinski definition) is 6. The van der Waals surface area contributed by atoms with Gasteiger partial charge in [-0.3, -0.25) is 9.59 Å². The topological polar surface area (TPSA) is 82.5 Å². The maximum Gasteiger partial charge on any atom is 0.258 e. The average Bonchev–Trinajstić information content (AvgIpc) is 3.22. The Labute approximate surface area is 189 Å². The number of aromatic nitrogens is 1. The van der Waals surface area contributed by atoms with E-state index in [-0.39, 0.29) is 24.9 Å². The molecule has 9 nitrogen and oxygen atoms in total. The molecule has 176 valence electrons. The molecule has 0 aliphatic heterocycles. The van der Waals surface area contributed by atoms with E-state index in [0.717, 1.165) is 5.69 Å². The maximum atomic E-state index is 13.3. The van der Waals surface area contributed by atoms with Gasteiger partial charge in [0, 0.05) is 52.3 Å². The van der Waals surface area contributed by atoms with Crippen LogP contribution in [0.15, 0.2) is 36.5 Å². The van der Waals surface area contributed by atoms with Crippen molar-refractivity contribution in [3.05, 3.63) is 47.8 Å². The Kier molecular flexibility index (Phi) is 10.0. The Bertz CT molecular complexity index is 882. The third-order valence-electron chi connectivity index (χ3n) is 5.14. The summed E-state index contributed by atoms with van der Waals surface area (Å²) in [6.45, 7) is 1.70. The fourth-order valence-corrected chi connectivity index (χ4v) is 3.21. The minimum absolute atomic E-state index is 0.0918. The molecule has 0 spiro atoms. The molecule has 1 aromatic carbocycles. The maximum absolute atomic E-state index is 13.3. The van der Waals surface area contributed by atoms with Crippen LogP contribution in [0.3, 0.4) is 0 Å². The molecule has 0 N–H and O–H groups in total. The van der Waals surface area contributed by atoms with Crippen molar-refractivity contribution in [1.82, 2.24) is 14.4 Å². The number of ether oxygens (including phenoxy) is 4. The molecule has 2 aromatic rings. The third kappa shape index (κ3) is 6.73. The summed E-state index contributed by atoms with van der Waals surface area (Å²) in [5, 5.41) is 0. The summed E-state index contributed by atoms with van der Waals surface area (Å²) in [5.41, 5.74) is 1.34. The zero-order valence-corrected chi connectivity index (χ0v) is 19.5. The van der Waals surface area contributed by atoms with E-state index >= 15 is 0 Å². The number of amides is 2. The van der Waals surface area contributed by atoms with E-state index in [0.29, 0.717) is 43.4 Å². The summed E-state index contributed by atoms with van der Waals surface area (Å²) in [4.78, 5) is 29.7. The van der Waals surface area contributed by atoms with Crippen molar-refractivity contribution >= 4 is 11.8 Å². The molecule has 0 bridgehead atoms. The van der Waals surface area contributed by atoms with Gasteiger partial charge in [0.05, 0.1) is 39.5 Å². The van der Waals surface area contributed by atoms with E-state index in [9.17, 15) is 9.59 Å². The molecule has 0 saturated carbocycles. The van der Waals surface area contributed by atoms with Crippen LogP contribution in [-0.4, -0.2) is 87.5 Å². The van der Waals surface area contributed by atoms with Crippen LogP contribution in [0.5, 0.6) is 11.5 Å². The van der Waals surface area contributed by atoms with Crippen LogP contribution in [-0.2, 0) is 27.9 Å². The quantitative estimate of drug-likeness (QED) is 0.466. The van der Waals surface area contributed by atoms with Gasteiger partial charge in [-0.2, -0.15) is 0 Å². The van der Waals surface area contributed by atoms with Gasteiger partial charge >= 0.3 is 0 Å².